The van der Waals surface area contributed by atoms with Gasteiger partial charge in [0.15, 0.2) is 0 Å². The van der Waals surface area contributed by atoms with Gasteiger partial charge in [-0.15, -0.1) is 0 Å². The second kappa shape index (κ2) is 5.56. The van der Waals surface area contributed by atoms with Gasteiger partial charge in [0.05, 0.1) is 11.0 Å². The van der Waals surface area contributed by atoms with Crippen molar-refractivity contribution in [1.82, 2.24) is 0 Å². The van der Waals surface area contributed by atoms with Gasteiger partial charge in [-0.3, -0.25) is 10.1 Å². The molecule has 128 valence electrons. The lowest BCUT2D eigenvalue weighted by atomic mass is 9.68. The van der Waals surface area contributed by atoms with Crippen LogP contribution in [0.2, 0.25) is 0 Å². The maximum absolute atomic E-state index is 11.2. The lowest BCUT2D eigenvalue weighted by Gasteiger charge is -2.43. The molecule has 2 aromatic carbocycles. The van der Waals surface area contributed by atoms with Crippen LogP contribution in [0.25, 0.3) is 0 Å². The molecule has 1 N–H and O–H groups in total. The summed E-state index contributed by atoms with van der Waals surface area (Å²) in [6.45, 7) is 0. The molecule has 3 aliphatic rings. The van der Waals surface area contributed by atoms with Crippen LogP contribution in [0.4, 0.5) is 11.4 Å². The summed E-state index contributed by atoms with van der Waals surface area (Å²) in [6, 6.07) is 14.2. The van der Waals surface area contributed by atoms with E-state index in [1.165, 1.54) is 30.4 Å². The topological polar surface area (TPSA) is 55.2 Å². The molecule has 1 aliphatic heterocycles. The van der Waals surface area contributed by atoms with Crippen LogP contribution in [0.5, 0.6) is 0 Å². The van der Waals surface area contributed by atoms with E-state index in [-0.39, 0.29) is 10.6 Å². The summed E-state index contributed by atoms with van der Waals surface area (Å²) in [4.78, 5) is 11.0. The summed E-state index contributed by atoms with van der Waals surface area (Å²) >= 11 is 3.52. The highest BCUT2D eigenvalue weighted by Crippen LogP contribution is 2.63. The largest absolute Gasteiger partial charge is 0.378 e. The Morgan fingerprint density at radius 3 is 2.60 bits per heavy atom. The molecule has 5 rings (SSSR count). The van der Waals surface area contributed by atoms with Gasteiger partial charge in [-0.05, 0) is 72.3 Å². The van der Waals surface area contributed by atoms with Gasteiger partial charge in [-0.2, -0.15) is 0 Å². The number of halogens is 1. The summed E-state index contributed by atoms with van der Waals surface area (Å²) in [5.41, 5.74) is 3.77. The summed E-state index contributed by atoms with van der Waals surface area (Å²) < 4.78 is 1.09. The molecule has 25 heavy (non-hydrogen) atoms. The Labute approximate surface area is 154 Å². The number of fused-ring (bicyclic) bond motifs is 7. The second-order valence-electron chi connectivity index (χ2n) is 7.64. The maximum atomic E-state index is 11.2. The molecule has 5 atom stereocenters. The number of benzene rings is 2. The molecular weight excluding hydrogens is 380 g/mol. The summed E-state index contributed by atoms with van der Waals surface area (Å²) in [5.74, 6) is 2.39. The van der Waals surface area contributed by atoms with Crippen LogP contribution < -0.4 is 5.32 Å². The van der Waals surface area contributed by atoms with Gasteiger partial charge in [0.25, 0.3) is 5.69 Å². The Hall–Kier alpha value is -1.88. The van der Waals surface area contributed by atoms with E-state index < -0.39 is 0 Å². The maximum Gasteiger partial charge on any atom is 0.269 e. The van der Waals surface area contributed by atoms with Crippen molar-refractivity contribution in [2.45, 2.75) is 31.2 Å². The van der Waals surface area contributed by atoms with E-state index in [1.54, 1.807) is 6.07 Å². The first-order valence-electron chi connectivity index (χ1n) is 8.92. The van der Waals surface area contributed by atoms with Crippen molar-refractivity contribution in [2.24, 2.45) is 17.8 Å². The zero-order chi connectivity index (χ0) is 17.1. The minimum absolute atomic E-state index is 0.212. The van der Waals surface area contributed by atoms with E-state index in [9.17, 15) is 10.1 Å². The lowest BCUT2D eigenvalue weighted by Crippen LogP contribution is -2.35. The smallest absolute Gasteiger partial charge is 0.269 e. The zero-order valence-corrected chi connectivity index (χ0v) is 15.3. The normalized spacial score (nSPS) is 32.0. The molecule has 2 aromatic rings. The van der Waals surface area contributed by atoms with E-state index in [4.69, 9.17) is 0 Å². The Morgan fingerprint density at radius 2 is 1.84 bits per heavy atom. The second-order valence-corrected chi connectivity index (χ2v) is 8.55. The van der Waals surface area contributed by atoms with Gasteiger partial charge >= 0.3 is 0 Å². The van der Waals surface area contributed by atoms with Gasteiger partial charge in [0.1, 0.15) is 0 Å². The third kappa shape index (κ3) is 2.32. The quantitative estimate of drug-likeness (QED) is 0.524. The average molecular weight is 399 g/mol. The van der Waals surface area contributed by atoms with Gasteiger partial charge in [-0.1, -0.05) is 28.1 Å². The molecule has 0 aromatic heterocycles. The minimum Gasteiger partial charge on any atom is -0.378 e. The van der Waals surface area contributed by atoms with E-state index in [2.05, 4.69) is 45.5 Å². The summed E-state index contributed by atoms with van der Waals surface area (Å²) in [6.07, 6.45) is 3.83. The Bertz CT molecular complexity index is 851. The standard InChI is InChI=1S/C20H19BrN2O2/c21-14-5-3-11(4-6-14)20-19-13-2-1-12(9-13)18(19)16-10-15(23(24)25)7-8-17(16)22-20/h3-8,10,12-13,18-20,22H,1-2,9H2/t12-,13-,18-,19-,20-/m0/s1. The van der Waals surface area contributed by atoms with Gasteiger partial charge in [0, 0.05) is 22.3 Å². The number of nitrogens with one attached hydrogen (secondary N) is 1. The molecule has 2 fully saturated rings. The van der Waals surface area contributed by atoms with Crippen LogP contribution in [0, 0.1) is 27.9 Å². The van der Waals surface area contributed by atoms with Crippen molar-refractivity contribution in [3.63, 3.8) is 0 Å². The number of hydrogen-bond donors (Lipinski definition) is 1. The molecule has 0 unspecified atom stereocenters. The van der Waals surface area contributed by atoms with E-state index in [0.29, 0.717) is 23.8 Å². The van der Waals surface area contributed by atoms with Crippen molar-refractivity contribution < 1.29 is 4.92 Å². The fraction of sp³-hybridized carbons (Fsp3) is 0.400. The first-order valence-corrected chi connectivity index (χ1v) is 9.71. The first-order chi connectivity index (χ1) is 12.1. The van der Waals surface area contributed by atoms with Gasteiger partial charge in [-0.25, -0.2) is 0 Å². The molecule has 2 aliphatic carbocycles. The highest BCUT2D eigenvalue weighted by atomic mass is 79.9. The number of non-ortho nitro benzene ring substituents is 1. The predicted molar refractivity (Wildman–Crippen MR) is 101 cm³/mol. The van der Waals surface area contributed by atoms with Gasteiger partial charge < -0.3 is 5.32 Å². The monoisotopic (exact) mass is 398 g/mol. The molecule has 2 bridgehead atoms. The van der Waals surface area contributed by atoms with E-state index in [0.717, 1.165) is 16.1 Å². The van der Waals surface area contributed by atoms with Crippen molar-refractivity contribution >= 4 is 27.3 Å². The first kappa shape index (κ1) is 15.4. The number of anilines is 1. The van der Waals surface area contributed by atoms with Crippen LogP contribution in [0.15, 0.2) is 46.9 Å². The average Bonchev–Trinajstić information content (AvgIpc) is 3.23. The van der Waals surface area contributed by atoms with Crippen molar-refractivity contribution in [2.75, 3.05) is 5.32 Å². The highest BCUT2D eigenvalue weighted by Gasteiger charge is 2.54. The van der Waals surface area contributed by atoms with Crippen molar-refractivity contribution in [3.05, 3.63) is 68.2 Å². The molecule has 0 saturated heterocycles. The molecule has 1 heterocycles. The third-order valence-corrected chi connectivity index (χ3v) is 7.04. The van der Waals surface area contributed by atoms with E-state index >= 15 is 0 Å². The minimum atomic E-state index is -0.274. The fourth-order valence-corrected chi connectivity index (χ4v) is 5.85. The summed E-state index contributed by atoms with van der Waals surface area (Å²) in [5, 5.41) is 15.0. The van der Waals surface area contributed by atoms with Gasteiger partial charge in [0.2, 0.25) is 0 Å². The highest BCUT2D eigenvalue weighted by molar-refractivity contribution is 9.10. The molecular formula is C20H19BrN2O2. The van der Waals surface area contributed by atoms with Crippen LogP contribution >= 0.6 is 15.9 Å². The van der Waals surface area contributed by atoms with Crippen molar-refractivity contribution in [3.8, 4) is 0 Å². The third-order valence-electron chi connectivity index (χ3n) is 6.51. The molecule has 2 saturated carbocycles. The molecule has 5 heteroatoms. The molecule has 4 nitrogen and oxygen atoms in total. The zero-order valence-electron chi connectivity index (χ0n) is 13.7. The number of nitro groups is 1. The lowest BCUT2D eigenvalue weighted by molar-refractivity contribution is -0.384. The van der Waals surface area contributed by atoms with Crippen LogP contribution in [0.3, 0.4) is 0 Å². The molecule has 0 radical (unpaired) electrons. The fourth-order valence-electron chi connectivity index (χ4n) is 5.59. The molecule has 0 amide bonds. The Balaban J connectivity index is 1.62. The van der Waals surface area contributed by atoms with Crippen LogP contribution in [-0.4, -0.2) is 4.92 Å². The number of rotatable bonds is 2. The Kier molecular flexibility index (Phi) is 3.42. The summed E-state index contributed by atoms with van der Waals surface area (Å²) in [7, 11) is 0. The van der Waals surface area contributed by atoms with E-state index in [1.807, 2.05) is 12.1 Å². The van der Waals surface area contributed by atoms with Crippen LogP contribution in [-0.2, 0) is 0 Å². The SMILES string of the molecule is O=[N+]([O-])c1ccc2c(c1)[C@@H]1[C@H]3CC[C@@H](C3)[C@@H]1[C@H](c1ccc(Br)cc1)N2. The Morgan fingerprint density at radius 1 is 1.08 bits per heavy atom. The number of nitro benzene ring substituents is 1. The molecule has 0 spiro atoms. The van der Waals surface area contributed by atoms with Crippen LogP contribution in [0.1, 0.15) is 42.3 Å². The number of nitrogens with zero attached hydrogens (tertiary/aromatic N) is 1. The predicted octanol–water partition coefficient (Wildman–Crippen LogP) is 5.65. The van der Waals surface area contributed by atoms with Crippen molar-refractivity contribution in [1.29, 1.82) is 0 Å². The number of hydrogen-bond acceptors (Lipinski definition) is 3.